The number of rotatable bonds is 6. The third kappa shape index (κ3) is 3.99. The molecule has 3 rings (SSSR count). The Kier molecular flexibility index (Phi) is 5.78. The smallest absolute Gasteiger partial charge is 0.262 e. The molecule has 0 fully saturated rings. The predicted molar refractivity (Wildman–Crippen MR) is 108 cm³/mol. The molecule has 0 aliphatic rings. The van der Waals surface area contributed by atoms with Gasteiger partial charge in [-0.05, 0) is 30.9 Å². The SMILES string of the molecule is CC(C)N(Cc1ccccc1)C(=O)CSc1nc2sccc2c(=O)n1C. The van der Waals surface area contributed by atoms with Gasteiger partial charge in [-0.25, -0.2) is 4.98 Å². The van der Waals surface area contributed by atoms with Gasteiger partial charge in [0.1, 0.15) is 4.83 Å². The lowest BCUT2D eigenvalue weighted by molar-refractivity contribution is -0.130. The van der Waals surface area contributed by atoms with E-state index in [2.05, 4.69) is 4.98 Å². The molecular weight excluding hydrogens is 366 g/mol. The highest BCUT2D eigenvalue weighted by molar-refractivity contribution is 7.99. The van der Waals surface area contributed by atoms with E-state index in [1.54, 1.807) is 13.1 Å². The first-order valence-electron chi connectivity index (χ1n) is 8.38. The summed E-state index contributed by atoms with van der Waals surface area (Å²) in [6.07, 6.45) is 0. The van der Waals surface area contributed by atoms with Crippen LogP contribution < -0.4 is 5.56 Å². The van der Waals surface area contributed by atoms with Crippen LogP contribution in [-0.4, -0.2) is 32.2 Å². The summed E-state index contributed by atoms with van der Waals surface area (Å²) in [4.78, 5) is 32.2. The topological polar surface area (TPSA) is 55.2 Å². The Hall–Kier alpha value is -2.12. The summed E-state index contributed by atoms with van der Waals surface area (Å²) in [6.45, 7) is 4.60. The number of thiophene rings is 1. The van der Waals surface area contributed by atoms with Gasteiger partial charge in [0.05, 0.1) is 11.1 Å². The molecule has 2 aromatic heterocycles. The molecular formula is C19H21N3O2S2. The highest BCUT2D eigenvalue weighted by atomic mass is 32.2. The number of nitrogens with zero attached hydrogens (tertiary/aromatic N) is 3. The molecule has 1 aromatic carbocycles. The fraction of sp³-hybridized carbons (Fsp3) is 0.316. The normalized spacial score (nSPS) is 11.2. The minimum absolute atomic E-state index is 0.0365. The Bertz CT molecular complexity index is 964. The van der Waals surface area contributed by atoms with Gasteiger partial charge < -0.3 is 4.90 Å². The number of carbonyl (C=O) groups is 1. The van der Waals surface area contributed by atoms with Crippen LogP contribution in [0.15, 0.2) is 51.7 Å². The molecule has 0 bridgehead atoms. The molecule has 0 saturated carbocycles. The van der Waals surface area contributed by atoms with Crippen LogP contribution in [0.1, 0.15) is 19.4 Å². The summed E-state index contributed by atoms with van der Waals surface area (Å²) in [6, 6.07) is 11.8. The average molecular weight is 388 g/mol. The molecule has 0 aliphatic carbocycles. The molecule has 0 atom stereocenters. The molecule has 0 radical (unpaired) electrons. The maximum atomic E-state index is 12.8. The van der Waals surface area contributed by atoms with Crippen molar-refractivity contribution < 1.29 is 4.79 Å². The van der Waals surface area contributed by atoms with Gasteiger partial charge >= 0.3 is 0 Å². The first-order valence-corrected chi connectivity index (χ1v) is 10.2. The highest BCUT2D eigenvalue weighted by Crippen LogP contribution is 2.21. The van der Waals surface area contributed by atoms with Crippen LogP contribution in [0.25, 0.3) is 10.2 Å². The number of thioether (sulfide) groups is 1. The summed E-state index contributed by atoms with van der Waals surface area (Å²) in [5, 5.41) is 3.06. The zero-order valence-corrected chi connectivity index (χ0v) is 16.6. The molecule has 26 heavy (non-hydrogen) atoms. The lowest BCUT2D eigenvalue weighted by Crippen LogP contribution is -2.37. The van der Waals surface area contributed by atoms with Crippen molar-refractivity contribution in [3.05, 3.63) is 57.7 Å². The van der Waals surface area contributed by atoms with Crippen LogP contribution in [0, 0.1) is 0 Å². The molecule has 3 aromatic rings. The van der Waals surface area contributed by atoms with Crippen molar-refractivity contribution >= 4 is 39.2 Å². The lowest BCUT2D eigenvalue weighted by Gasteiger charge is -2.27. The van der Waals surface area contributed by atoms with Gasteiger partial charge in [0.15, 0.2) is 5.16 Å². The Morgan fingerprint density at radius 3 is 2.69 bits per heavy atom. The first-order chi connectivity index (χ1) is 12.5. The average Bonchev–Trinajstić information content (AvgIpc) is 3.10. The van der Waals surface area contributed by atoms with E-state index in [4.69, 9.17) is 0 Å². The molecule has 0 aliphatic heterocycles. The molecule has 0 unspecified atom stereocenters. The summed E-state index contributed by atoms with van der Waals surface area (Å²) in [7, 11) is 1.70. The number of aromatic nitrogens is 2. The summed E-state index contributed by atoms with van der Waals surface area (Å²) < 4.78 is 1.52. The van der Waals surface area contributed by atoms with Crippen molar-refractivity contribution in [3.8, 4) is 0 Å². The Morgan fingerprint density at radius 2 is 2.00 bits per heavy atom. The molecule has 0 N–H and O–H groups in total. The predicted octanol–water partition coefficient (Wildman–Crippen LogP) is 3.52. The number of carbonyl (C=O) groups excluding carboxylic acids is 1. The van der Waals surface area contributed by atoms with Crippen LogP contribution in [0.4, 0.5) is 0 Å². The lowest BCUT2D eigenvalue weighted by atomic mass is 10.2. The quantitative estimate of drug-likeness (QED) is 0.480. The minimum atomic E-state index is -0.0730. The molecule has 2 heterocycles. The maximum Gasteiger partial charge on any atom is 0.262 e. The van der Waals surface area contributed by atoms with Gasteiger partial charge in [-0.1, -0.05) is 42.1 Å². The van der Waals surface area contributed by atoms with Crippen LogP contribution in [0.5, 0.6) is 0 Å². The van der Waals surface area contributed by atoms with Crippen LogP contribution in [-0.2, 0) is 18.4 Å². The summed E-state index contributed by atoms with van der Waals surface area (Å²) in [5.41, 5.74) is 1.03. The molecule has 136 valence electrons. The van der Waals surface area contributed by atoms with E-state index in [1.165, 1.54) is 27.7 Å². The van der Waals surface area contributed by atoms with E-state index < -0.39 is 0 Å². The number of amides is 1. The van der Waals surface area contributed by atoms with E-state index in [1.807, 2.05) is 54.5 Å². The van der Waals surface area contributed by atoms with Crippen molar-refractivity contribution in [2.45, 2.75) is 31.6 Å². The van der Waals surface area contributed by atoms with Gasteiger partial charge in [-0.2, -0.15) is 0 Å². The fourth-order valence-corrected chi connectivity index (χ4v) is 4.32. The van der Waals surface area contributed by atoms with Crippen molar-refractivity contribution in [2.24, 2.45) is 7.05 Å². The van der Waals surface area contributed by atoms with Crippen molar-refractivity contribution in [1.29, 1.82) is 0 Å². The highest BCUT2D eigenvalue weighted by Gasteiger charge is 2.19. The van der Waals surface area contributed by atoms with Crippen molar-refractivity contribution in [2.75, 3.05) is 5.75 Å². The second-order valence-electron chi connectivity index (χ2n) is 6.29. The van der Waals surface area contributed by atoms with E-state index in [0.717, 1.165) is 5.56 Å². The second-order valence-corrected chi connectivity index (χ2v) is 8.12. The number of fused-ring (bicyclic) bond motifs is 1. The van der Waals surface area contributed by atoms with Gasteiger partial charge in [0, 0.05) is 19.6 Å². The molecule has 7 heteroatoms. The molecule has 0 spiro atoms. The Morgan fingerprint density at radius 1 is 1.27 bits per heavy atom. The van der Waals surface area contributed by atoms with Crippen molar-refractivity contribution in [1.82, 2.24) is 14.5 Å². The zero-order valence-electron chi connectivity index (χ0n) is 15.0. The summed E-state index contributed by atoms with van der Waals surface area (Å²) >= 11 is 2.75. The van der Waals surface area contributed by atoms with Gasteiger partial charge in [0.25, 0.3) is 5.56 Å². The Balaban J connectivity index is 1.74. The monoisotopic (exact) mass is 387 g/mol. The first kappa shape index (κ1) is 18.7. The van der Waals surface area contributed by atoms with Gasteiger partial charge in [0.2, 0.25) is 5.91 Å². The van der Waals surface area contributed by atoms with E-state index in [-0.39, 0.29) is 23.3 Å². The fourth-order valence-electron chi connectivity index (χ4n) is 2.66. The number of benzene rings is 1. The third-order valence-electron chi connectivity index (χ3n) is 4.13. The van der Waals surface area contributed by atoms with Gasteiger partial charge in [-0.15, -0.1) is 11.3 Å². The largest absolute Gasteiger partial charge is 0.335 e. The van der Waals surface area contributed by atoms with Crippen LogP contribution in [0.3, 0.4) is 0 Å². The second kappa shape index (κ2) is 8.05. The third-order valence-corrected chi connectivity index (χ3v) is 5.95. The minimum Gasteiger partial charge on any atom is -0.335 e. The molecule has 5 nitrogen and oxygen atoms in total. The summed E-state index contributed by atoms with van der Waals surface area (Å²) in [5.74, 6) is 0.289. The van der Waals surface area contributed by atoms with E-state index in [9.17, 15) is 9.59 Å². The molecule has 0 saturated heterocycles. The van der Waals surface area contributed by atoms with Crippen LogP contribution >= 0.6 is 23.1 Å². The zero-order chi connectivity index (χ0) is 18.7. The number of hydrogen-bond donors (Lipinski definition) is 0. The maximum absolute atomic E-state index is 12.8. The Labute approximate surface area is 160 Å². The van der Waals surface area contributed by atoms with Crippen molar-refractivity contribution in [3.63, 3.8) is 0 Å². The molecule has 1 amide bonds. The van der Waals surface area contributed by atoms with E-state index in [0.29, 0.717) is 21.9 Å². The van der Waals surface area contributed by atoms with E-state index >= 15 is 0 Å². The van der Waals surface area contributed by atoms with Gasteiger partial charge in [-0.3, -0.25) is 14.2 Å². The standard InChI is InChI=1S/C19H21N3O2S2/c1-13(2)22(11-14-7-5-4-6-8-14)16(23)12-26-19-20-17-15(9-10-25-17)18(24)21(19)3/h4-10,13H,11-12H2,1-3H3. The number of hydrogen-bond acceptors (Lipinski definition) is 5. The van der Waals surface area contributed by atoms with Crippen LogP contribution in [0.2, 0.25) is 0 Å².